The van der Waals surface area contributed by atoms with Crippen molar-refractivity contribution in [3.05, 3.63) is 17.7 Å². The number of hydrogen-bond acceptors (Lipinski definition) is 2. The molecule has 16 heavy (non-hydrogen) atoms. The Morgan fingerprint density at radius 3 is 3.00 bits per heavy atom. The van der Waals surface area contributed by atoms with E-state index in [1.165, 1.54) is 43.5 Å². The van der Waals surface area contributed by atoms with Crippen LogP contribution in [0.5, 0.6) is 0 Å². The molecule has 0 aromatic carbocycles. The SMILES string of the molecule is CCCn1cnc2c1CCNC21CCCC1. The molecule has 1 fully saturated rings. The van der Waals surface area contributed by atoms with Gasteiger partial charge in [-0.25, -0.2) is 4.98 Å². The van der Waals surface area contributed by atoms with Gasteiger partial charge >= 0.3 is 0 Å². The van der Waals surface area contributed by atoms with Crippen LogP contribution in [0, 0.1) is 0 Å². The number of nitrogens with zero attached hydrogens (tertiary/aromatic N) is 2. The van der Waals surface area contributed by atoms with Crippen molar-refractivity contribution in [3.8, 4) is 0 Å². The highest BCUT2D eigenvalue weighted by Gasteiger charge is 2.41. The van der Waals surface area contributed by atoms with Gasteiger partial charge in [-0.05, 0) is 19.3 Å². The van der Waals surface area contributed by atoms with Gasteiger partial charge in [0, 0.05) is 25.2 Å². The predicted molar refractivity (Wildman–Crippen MR) is 64.4 cm³/mol. The molecule has 1 spiro atoms. The maximum absolute atomic E-state index is 4.71. The molecule has 1 saturated carbocycles. The van der Waals surface area contributed by atoms with E-state index in [1.54, 1.807) is 0 Å². The summed E-state index contributed by atoms with van der Waals surface area (Å²) in [6.45, 7) is 4.49. The van der Waals surface area contributed by atoms with Crippen LogP contribution in [0.3, 0.4) is 0 Å². The average molecular weight is 219 g/mol. The van der Waals surface area contributed by atoms with E-state index in [0.717, 1.165) is 19.5 Å². The van der Waals surface area contributed by atoms with E-state index >= 15 is 0 Å². The van der Waals surface area contributed by atoms with Crippen molar-refractivity contribution in [1.82, 2.24) is 14.9 Å². The Balaban J connectivity index is 1.99. The molecule has 0 atom stereocenters. The standard InChI is InChI=1S/C13H21N3/c1-2-9-16-10-14-12-11(16)5-8-15-13(12)6-3-4-7-13/h10,15H,2-9H2,1H3. The Labute approximate surface area is 97.3 Å². The van der Waals surface area contributed by atoms with E-state index in [-0.39, 0.29) is 5.54 Å². The van der Waals surface area contributed by atoms with Gasteiger partial charge in [0.2, 0.25) is 0 Å². The summed E-state index contributed by atoms with van der Waals surface area (Å²) < 4.78 is 2.37. The minimum Gasteiger partial charge on any atom is -0.334 e. The van der Waals surface area contributed by atoms with E-state index in [2.05, 4.69) is 23.1 Å². The molecule has 1 aromatic rings. The molecular formula is C13H21N3. The maximum Gasteiger partial charge on any atom is 0.0952 e. The smallest absolute Gasteiger partial charge is 0.0952 e. The number of aromatic nitrogens is 2. The van der Waals surface area contributed by atoms with Crippen LogP contribution in [0.1, 0.15) is 50.4 Å². The Morgan fingerprint density at radius 1 is 1.44 bits per heavy atom. The first-order valence-corrected chi connectivity index (χ1v) is 6.65. The summed E-state index contributed by atoms with van der Waals surface area (Å²) in [5, 5.41) is 3.73. The summed E-state index contributed by atoms with van der Waals surface area (Å²) >= 11 is 0. The van der Waals surface area contributed by atoms with E-state index in [9.17, 15) is 0 Å². The van der Waals surface area contributed by atoms with E-state index in [1.807, 2.05) is 0 Å². The van der Waals surface area contributed by atoms with Gasteiger partial charge in [-0.2, -0.15) is 0 Å². The van der Waals surface area contributed by atoms with Crippen LogP contribution in [0.15, 0.2) is 6.33 Å². The van der Waals surface area contributed by atoms with Crippen molar-refractivity contribution in [2.75, 3.05) is 6.54 Å². The van der Waals surface area contributed by atoms with E-state index < -0.39 is 0 Å². The van der Waals surface area contributed by atoms with E-state index in [0.29, 0.717) is 0 Å². The number of aryl methyl sites for hydroxylation is 1. The van der Waals surface area contributed by atoms with Crippen LogP contribution in [0.25, 0.3) is 0 Å². The van der Waals surface area contributed by atoms with Crippen molar-refractivity contribution < 1.29 is 0 Å². The lowest BCUT2D eigenvalue weighted by Crippen LogP contribution is -2.45. The third kappa shape index (κ3) is 1.41. The molecule has 1 aromatic heterocycles. The molecule has 1 N–H and O–H groups in total. The molecule has 1 aliphatic carbocycles. The zero-order valence-corrected chi connectivity index (χ0v) is 10.1. The Morgan fingerprint density at radius 2 is 2.25 bits per heavy atom. The summed E-state index contributed by atoms with van der Waals surface area (Å²) in [7, 11) is 0. The zero-order valence-electron chi connectivity index (χ0n) is 10.1. The van der Waals surface area contributed by atoms with Crippen molar-refractivity contribution in [2.24, 2.45) is 0 Å². The molecule has 0 amide bonds. The third-order valence-corrected chi connectivity index (χ3v) is 4.15. The average Bonchev–Trinajstić information content (AvgIpc) is 2.89. The van der Waals surface area contributed by atoms with Crippen LogP contribution >= 0.6 is 0 Å². The van der Waals surface area contributed by atoms with Crippen molar-refractivity contribution in [1.29, 1.82) is 0 Å². The second-order valence-corrected chi connectivity index (χ2v) is 5.20. The Kier molecular flexibility index (Phi) is 2.51. The van der Waals surface area contributed by atoms with Gasteiger partial charge in [0.05, 0.1) is 17.6 Å². The summed E-state index contributed by atoms with van der Waals surface area (Å²) in [6.07, 6.45) is 9.67. The van der Waals surface area contributed by atoms with Gasteiger partial charge < -0.3 is 9.88 Å². The number of nitrogens with one attached hydrogen (secondary N) is 1. The van der Waals surface area contributed by atoms with Crippen molar-refractivity contribution >= 4 is 0 Å². The number of hydrogen-bond donors (Lipinski definition) is 1. The van der Waals surface area contributed by atoms with Gasteiger partial charge in [-0.3, -0.25) is 0 Å². The van der Waals surface area contributed by atoms with Gasteiger partial charge in [0.25, 0.3) is 0 Å². The molecule has 0 radical (unpaired) electrons. The summed E-state index contributed by atoms with van der Waals surface area (Å²) in [4.78, 5) is 4.71. The number of fused-ring (bicyclic) bond motifs is 2. The highest BCUT2D eigenvalue weighted by molar-refractivity contribution is 5.27. The van der Waals surface area contributed by atoms with Gasteiger partial charge in [0.1, 0.15) is 0 Å². The van der Waals surface area contributed by atoms with Crippen molar-refractivity contribution in [2.45, 2.75) is 57.5 Å². The Bertz CT molecular complexity index is 375. The zero-order chi connectivity index (χ0) is 11.0. The summed E-state index contributed by atoms with van der Waals surface area (Å²) in [6, 6.07) is 0. The highest BCUT2D eigenvalue weighted by atomic mass is 15.1. The van der Waals surface area contributed by atoms with Crippen LogP contribution in [-0.2, 0) is 18.5 Å². The Hall–Kier alpha value is -0.830. The second kappa shape index (κ2) is 3.88. The molecule has 0 bridgehead atoms. The third-order valence-electron chi connectivity index (χ3n) is 4.15. The molecule has 3 rings (SSSR count). The fourth-order valence-electron chi connectivity index (χ4n) is 3.40. The van der Waals surface area contributed by atoms with Crippen LogP contribution in [0.2, 0.25) is 0 Å². The normalized spacial score (nSPS) is 22.6. The van der Waals surface area contributed by atoms with Gasteiger partial charge in [-0.15, -0.1) is 0 Å². The minimum absolute atomic E-state index is 0.243. The first-order valence-electron chi connectivity index (χ1n) is 6.65. The lowest BCUT2D eigenvalue weighted by atomic mass is 9.88. The van der Waals surface area contributed by atoms with Gasteiger partial charge in [0.15, 0.2) is 0 Å². The number of rotatable bonds is 2. The van der Waals surface area contributed by atoms with E-state index in [4.69, 9.17) is 4.98 Å². The van der Waals surface area contributed by atoms with Gasteiger partial charge in [-0.1, -0.05) is 19.8 Å². The topological polar surface area (TPSA) is 29.9 Å². The second-order valence-electron chi connectivity index (χ2n) is 5.20. The summed E-state index contributed by atoms with van der Waals surface area (Å²) in [5.74, 6) is 0. The molecule has 2 heterocycles. The predicted octanol–water partition coefficient (Wildman–Crippen LogP) is 2.21. The first kappa shape index (κ1) is 10.3. The molecule has 2 aliphatic rings. The first-order chi connectivity index (χ1) is 7.86. The molecule has 1 aliphatic heterocycles. The fraction of sp³-hybridized carbons (Fsp3) is 0.769. The molecular weight excluding hydrogens is 198 g/mol. The molecule has 3 nitrogen and oxygen atoms in total. The fourth-order valence-corrected chi connectivity index (χ4v) is 3.40. The largest absolute Gasteiger partial charge is 0.334 e. The highest BCUT2D eigenvalue weighted by Crippen LogP contribution is 2.41. The molecule has 88 valence electrons. The number of imidazole rings is 1. The molecule has 0 saturated heterocycles. The summed E-state index contributed by atoms with van der Waals surface area (Å²) in [5.41, 5.74) is 3.11. The lowest BCUT2D eigenvalue weighted by molar-refractivity contribution is 0.312. The van der Waals surface area contributed by atoms with Crippen molar-refractivity contribution in [3.63, 3.8) is 0 Å². The quantitative estimate of drug-likeness (QED) is 0.826. The van der Waals surface area contributed by atoms with Crippen LogP contribution < -0.4 is 5.32 Å². The van der Waals surface area contributed by atoms with Crippen LogP contribution in [0.4, 0.5) is 0 Å². The minimum atomic E-state index is 0.243. The maximum atomic E-state index is 4.71. The lowest BCUT2D eigenvalue weighted by Gasteiger charge is -2.34. The monoisotopic (exact) mass is 219 g/mol. The molecule has 3 heteroatoms. The molecule has 0 unspecified atom stereocenters. The van der Waals surface area contributed by atoms with Crippen LogP contribution in [-0.4, -0.2) is 16.1 Å².